The highest BCUT2D eigenvalue weighted by atomic mass is 16.3. The highest BCUT2D eigenvalue weighted by Gasteiger charge is 2.17. The Balaban J connectivity index is 1.44. The summed E-state index contributed by atoms with van der Waals surface area (Å²) in [4.78, 5) is 27.4. The summed E-state index contributed by atoms with van der Waals surface area (Å²) < 4.78 is 7.31. The summed E-state index contributed by atoms with van der Waals surface area (Å²) >= 11 is 0. The fraction of sp³-hybridized carbons (Fsp3) is 0.406. The minimum atomic E-state index is -0.186. The van der Waals surface area contributed by atoms with E-state index in [4.69, 9.17) is 9.40 Å². The lowest BCUT2D eigenvalue weighted by atomic mass is 10.1. The monoisotopic (exact) mass is 553 g/mol. The van der Waals surface area contributed by atoms with Gasteiger partial charge in [0, 0.05) is 60.1 Å². The summed E-state index contributed by atoms with van der Waals surface area (Å²) in [5.74, 6) is 4.36. The van der Waals surface area contributed by atoms with Crippen LogP contribution in [0.2, 0.25) is 0 Å². The molecule has 9 nitrogen and oxygen atoms in total. The number of benzene rings is 1. The second-order valence-electron chi connectivity index (χ2n) is 10.5. The number of nitrogens with one attached hydrogen (secondary N) is 2. The van der Waals surface area contributed by atoms with E-state index in [9.17, 15) is 4.79 Å². The van der Waals surface area contributed by atoms with Gasteiger partial charge in [-0.05, 0) is 89.1 Å². The summed E-state index contributed by atoms with van der Waals surface area (Å²) in [6, 6.07) is 15.5. The van der Waals surface area contributed by atoms with Gasteiger partial charge in [-0.25, -0.2) is 4.98 Å². The van der Waals surface area contributed by atoms with Gasteiger partial charge in [0.1, 0.15) is 11.4 Å². The molecule has 1 aliphatic rings. The number of anilines is 3. The fourth-order valence-electron chi connectivity index (χ4n) is 5.13. The molecule has 0 saturated carbocycles. The summed E-state index contributed by atoms with van der Waals surface area (Å²) in [6.07, 6.45) is 6.43. The molecule has 5 rings (SSSR count). The van der Waals surface area contributed by atoms with E-state index in [0.29, 0.717) is 29.7 Å². The molecule has 2 N–H and O–H groups in total. The van der Waals surface area contributed by atoms with Crippen LogP contribution in [0.3, 0.4) is 0 Å². The topological polar surface area (TPSA) is 91.5 Å². The van der Waals surface area contributed by atoms with Crippen LogP contribution < -0.4 is 16.2 Å². The van der Waals surface area contributed by atoms with Crippen molar-refractivity contribution in [2.45, 2.75) is 52.6 Å². The number of aromatic nitrogens is 3. The Morgan fingerprint density at radius 1 is 1.07 bits per heavy atom. The van der Waals surface area contributed by atoms with E-state index in [2.05, 4.69) is 51.7 Å². The summed E-state index contributed by atoms with van der Waals surface area (Å²) in [5, 5.41) is 7.70. The maximum Gasteiger partial charge on any atom is 0.268 e. The van der Waals surface area contributed by atoms with Crippen LogP contribution >= 0.6 is 0 Å². The van der Waals surface area contributed by atoms with Gasteiger partial charge < -0.3 is 24.9 Å². The van der Waals surface area contributed by atoms with Crippen molar-refractivity contribution < 1.29 is 4.42 Å². The van der Waals surface area contributed by atoms with Gasteiger partial charge in [0.25, 0.3) is 5.56 Å². The smallest absolute Gasteiger partial charge is 0.268 e. The molecule has 0 radical (unpaired) electrons. The molecule has 0 spiro atoms. The predicted octanol–water partition coefficient (Wildman–Crippen LogP) is 4.90. The quantitative estimate of drug-likeness (QED) is 0.224. The van der Waals surface area contributed by atoms with Crippen molar-refractivity contribution in [1.82, 2.24) is 24.3 Å². The average Bonchev–Trinajstić information content (AvgIpc) is 3.45. The zero-order chi connectivity index (χ0) is 28.8. The molecule has 4 heterocycles. The van der Waals surface area contributed by atoms with Crippen LogP contribution in [-0.4, -0.2) is 63.6 Å². The molecule has 0 aliphatic carbocycles. The second kappa shape index (κ2) is 12.9. The van der Waals surface area contributed by atoms with Gasteiger partial charge in [-0.15, -0.1) is 0 Å². The first-order chi connectivity index (χ1) is 20.0. The van der Waals surface area contributed by atoms with Gasteiger partial charge in [0.15, 0.2) is 0 Å². The summed E-state index contributed by atoms with van der Waals surface area (Å²) in [6.45, 7) is 10.3. The zero-order valence-electron chi connectivity index (χ0n) is 24.4. The predicted molar refractivity (Wildman–Crippen MR) is 165 cm³/mol. The van der Waals surface area contributed by atoms with Crippen molar-refractivity contribution in [3.63, 3.8) is 0 Å². The van der Waals surface area contributed by atoms with Crippen LogP contribution in [0.1, 0.15) is 50.5 Å². The Morgan fingerprint density at radius 3 is 2.51 bits per heavy atom. The van der Waals surface area contributed by atoms with Crippen molar-refractivity contribution in [2.24, 2.45) is 0 Å². The first-order valence-corrected chi connectivity index (χ1v) is 14.5. The van der Waals surface area contributed by atoms with Crippen molar-refractivity contribution in [2.75, 3.05) is 43.9 Å². The van der Waals surface area contributed by atoms with E-state index in [0.717, 1.165) is 73.5 Å². The number of furan rings is 1. The van der Waals surface area contributed by atoms with Gasteiger partial charge in [0.05, 0.1) is 18.4 Å². The second-order valence-corrected chi connectivity index (χ2v) is 10.5. The van der Waals surface area contributed by atoms with Crippen LogP contribution in [0.15, 0.2) is 58.1 Å². The number of aryl methyl sites for hydroxylation is 1. The molecule has 1 saturated heterocycles. The lowest BCUT2D eigenvalue weighted by molar-refractivity contribution is 0.264. The Hall–Kier alpha value is -4.29. The summed E-state index contributed by atoms with van der Waals surface area (Å²) in [7, 11) is 2.17. The van der Waals surface area contributed by atoms with E-state index < -0.39 is 0 Å². The van der Waals surface area contributed by atoms with Crippen LogP contribution in [0.25, 0.3) is 11.0 Å². The van der Waals surface area contributed by atoms with Gasteiger partial charge in [-0.2, -0.15) is 4.98 Å². The fourth-order valence-corrected chi connectivity index (χ4v) is 5.13. The third-order valence-corrected chi connectivity index (χ3v) is 7.66. The molecule has 0 unspecified atom stereocenters. The van der Waals surface area contributed by atoms with Crippen molar-refractivity contribution in [3.05, 3.63) is 76.1 Å². The van der Waals surface area contributed by atoms with Crippen molar-refractivity contribution in [3.8, 4) is 12.0 Å². The van der Waals surface area contributed by atoms with E-state index in [-0.39, 0.29) is 5.56 Å². The molecule has 41 heavy (non-hydrogen) atoms. The van der Waals surface area contributed by atoms with E-state index in [1.54, 1.807) is 23.1 Å². The number of rotatable bonds is 9. The molecular weight excluding hydrogens is 514 g/mol. The molecule has 4 aromatic rings. The largest absolute Gasteiger partial charge is 0.469 e. The maximum absolute atomic E-state index is 13.7. The Morgan fingerprint density at radius 2 is 1.80 bits per heavy atom. The number of piperidine rings is 1. The highest BCUT2D eigenvalue weighted by Crippen LogP contribution is 2.22. The SMILES string of the molecule is CCc1occc1Cn1c(=O)c(C#CN(CC)CC)cc2cnc(Nc3ccc(NC4CCN(C)CC4)cc3)nc21. The minimum Gasteiger partial charge on any atom is -0.469 e. The highest BCUT2D eigenvalue weighted by molar-refractivity contribution is 5.77. The summed E-state index contributed by atoms with van der Waals surface area (Å²) in [5.41, 5.74) is 3.70. The minimum absolute atomic E-state index is 0.186. The third kappa shape index (κ3) is 6.72. The molecule has 0 atom stereocenters. The third-order valence-electron chi connectivity index (χ3n) is 7.66. The average molecular weight is 554 g/mol. The molecular formula is C32H39N7O2. The van der Waals surface area contributed by atoms with E-state index >= 15 is 0 Å². The van der Waals surface area contributed by atoms with E-state index in [1.807, 2.05) is 43.9 Å². The molecule has 3 aromatic heterocycles. The normalized spacial score (nSPS) is 14.0. The Bertz CT molecular complexity index is 1580. The number of likely N-dealkylation sites (tertiary alicyclic amines) is 1. The molecule has 1 fully saturated rings. The number of hydrogen-bond donors (Lipinski definition) is 2. The standard InChI is InChI=1S/C32H39N7O2/c1-5-29-24(15-19-41-29)22-39-30-25(20-23(31(39)40)12-18-38(6-2)7-3)21-33-32(36-30)35-27-10-8-26(9-11-27)34-28-13-16-37(4)17-14-28/h8-11,15,19-21,28,34H,5-7,13-14,16-17,22H2,1-4H3,(H,33,35,36). The van der Waals surface area contributed by atoms with Crippen LogP contribution in [0.4, 0.5) is 17.3 Å². The maximum atomic E-state index is 13.7. The molecule has 9 heteroatoms. The van der Waals surface area contributed by atoms with Gasteiger partial charge in [0.2, 0.25) is 5.95 Å². The van der Waals surface area contributed by atoms with Crippen molar-refractivity contribution in [1.29, 1.82) is 0 Å². The first-order valence-electron chi connectivity index (χ1n) is 14.5. The number of fused-ring (bicyclic) bond motifs is 1. The van der Waals surface area contributed by atoms with Crippen LogP contribution in [-0.2, 0) is 13.0 Å². The van der Waals surface area contributed by atoms with E-state index in [1.165, 1.54) is 0 Å². The molecule has 1 aliphatic heterocycles. The molecule has 0 bridgehead atoms. The zero-order valence-corrected chi connectivity index (χ0v) is 24.4. The lowest BCUT2D eigenvalue weighted by Crippen LogP contribution is -2.36. The molecule has 1 aromatic carbocycles. The van der Waals surface area contributed by atoms with Crippen molar-refractivity contribution >= 4 is 28.4 Å². The number of nitrogens with zero attached hydrogens (tertiary/aromatic N) is 5. The lowest BCUT2D eigenvalue weighted by Gasteiger charge is -2.30. The van der Waals surface area contributed by atoms with Gasteiger partial charge in [-0.1, -0.05) is 6.92 Å². The Kier molecular flexibility index (Phi) is 8.90. The number of pyridine rings is 1. The van der Waals surface area contributed by atoms with Crippen LogP contribution in [0.5, 0.6) is 0 Å². The molecule has 0 amide bonds. The van der Waals surface area contributed by atoms with Crippen LogP contribution in [0, 0.1) is 12.0 Å². The Labute approximate surface area is 241 Å². The van der Waals surface area contributed by atoms with Gasteiger partial charge >= 0.3 is 0 Å². The van der Waals surface area contributed by atoms with Gasteiger partial charge in [-0.3, -0.25) is 9.36 Å². The molecule has 214 valence electrons. The number of hydrogen-bond acceptors (Lipinski definition) is 8. The first kappa shape index (κ1) is 28.2.